The number of halogens is 1. The van der Waals surface area contributed by atoms with Crippen LogP contribution in [-0.2, 0) is 6.54 Å². The molecule has 106 valence electrons. The first-order valence-electron chi connectivity index (χ1n) is 6.50. The number of nitrogens with two attached hydrogens (primary N) is 1. The van der Waals surface area contributed by atoms with E-state index < -0.39 is 0 Å². The van der Waals surface area contributed by atoms with E-state index in [4.69, 9.17) is 15.2 Å². The summed E-state index contributed by atoms with van der Waals surface area (Å²) in [6, 6.07) is 12.1. The zero-order valence-corrected chi connectivity index (χ0v) is 11.4. The molecule has 3 nitrogen and oxygen atoms in total. The second-order valence-corrected chi connectivity index (χ2v) is 4.45. The van der Waals surface area contributed by atoms with Crippen LogP contribution in [0.4, 0.5) is 4.39 Å². The first-order valence-corrected chi connectivity index (χ1v) is 6.50. The molecule has 0 saturated heterocycles. The highest BCUT2D eigenvalue weighted by Gasteiger charge is 2.01. The van der Waals surface area contributed by atoms with Crippen LogP contribution in [-0.4, -0.2) is 13.2 Å². The molecule has 0 bridgehead atoms. The summed E-state index contributed by atoms with van der Waals surface area (Å²) in [5, 5.41) is 0. The van der Waals surface area contributed by atoms with Crippen molar-refractivity contribution in [1.29, 1.82) is 0 Å². The molecule has 0 aliphatic carbocycles. The Bertz CT molecular complexity index is 555. The molecule has 20 heavy (non-hydrogen) atoms. The monoisotopic (exact) mass is 275 g/mol. The van der Waals surface area contributed by atoms with Crippen LogP contribution in [0.2, 0.25) is 0 Å². The van der Waals surface area contributed by atoms with Crippen molar-refractivity contribution in [2.24, 2.45) is 5.73 Å². The predicted molar refractivity (Wildman–Crippen MR) is 76.5 cm³/mol. The van der Waals surface area contributed by atoms with Crippen molar-refractivity contribution in [3.05, 3.63) is 59.4 Å². The first kappa shape index (κ1) is 14.3. The normalized spacial score (nSPS) is 10.3. The zero-order valence-electron chi connectivity index (χ0n) is 11.4. The lowest BCUT2D eigenvalue weighted by molar-refractivity contribution is 0.216. The Morgan fingerprint density at radius 1 is 1.00 bits per heavy atom. The summed E-state index contributed by atoms with van der Waals surface area (Å²) in [6.45, 7) is 3.17. The Kier molecular flexibility index (Phi) is 4.96. The maximum Gasteiger partial charge on any atom is 0.123 e. The van der Waals surface area contributed by atoms with Gasteiger partial charge >= 0.3 is 0 Å². The Hall–Kier alpha value is -2.07. The van der Waals surface area contributed by atoms with Crippen LogP contribution in [0.5, 0.6) is 11.5 Å². The summed E-state index contributed by atoms with van der Waals surface area (Å²) in [5.41, 5.74) is 7.36. The van der Waals surface area contributed by atoms with Gasteiger partial charge < -0.3 is 15.2 Å². The van der Waals surface area contributed by atoms with E-state index in [0.29, 0.717) is 25.5 Å². The van der Waals surface area contributed by atoms with E-state index >= 15 is 0 Å². The van der Waals surface area contributed by atoms with Crippen LogP contribution >= 0.6 is 0 Å². The van der Waals surface area contributed by atoms with E-state index in [1.54, 1.807) is 6.07 Å². The molecule has 0 saturated carbocycles. The van der Waals surface area contributed by atoms with Gasteiger partial charge in [0.1, 0.15) is 30.5 Å². The molecule has 0 aliphatic rings. The van der Waals surface area contributed by atoms with Crippen LogP contribution in [0.25, 0.3) is 0 Å². The van der Waals surface area contributed by atoms with E-state index in [0.717, 1.165) is 16.9 Å². The number of hydrogen-bond donors (Lipinski definition) is 1. The highest BCUT2D eigenvalue weighted by molar-refractivity contribution is 5.32. The number of ether oxygens (including phenoxy) is 2. The van der Waals surface area contributed by atoms with Crippen molar-refractivity contribution in [3.63, 3.8) is 0 Å². The number of benzene rings is 2. The summed E-state index contributed by atoms with van der Waals surface area (Å²) >= 11 is 0. The van der Waals surface area contributed by atoms with Crippen LogP contribution in [0.1, 0.15) is 11.1 Å². The van der Waals surface area contributed by atoms with Gasteiger partial charge in [-0.2, -0.15) is 0 Å². The van der Waals surface area contributed by atoms with Crippen molar-refractivity contribution >= 4 is 0 Å². The van der Waals surface area contributed by atoms with Crippen molar-refractivity contribution < 1.29 is 13.9 Å². The van der Waals surface area contributed by atoms with E-state index in [1.807, 2.05) is 31.2 Å². The SMILES string of the molecule is Cc1cc(F)ccc1OCCOc1ccc(CN)cc1. The molecule has 4 heteroatoms. The van der Waals surface area contributed by atoms with Gasteiger partial charge in [-0.15, -0.1) is 0 Å². The van der Waals surface area contributed by atoms with Crippen molar-refractivity contribution in [1.82, 2.24) is 0 Å². The van der Waals surface area contributed by atoms with E-state index in [2.05, 4.69) is 0 Å². The molecule has 2 aromatic carbocycles. The van der Waals surface area contributed by atoms with Gasteiger partial charge in [0.2, 0.25) is 0 Å². The van der Waals surface area contributed by atoms with Gasteiger partial charge in [0, 0.05) is 6.54 Å². The highest BCUT2D eigenvalue weighted by Crippen LogP contribution is 2.18. The third-order valence-electron chi connectivity index (χ3n) is 2.91. The zero-order chi connectivity index (χ0) is 14.4. The van der Waals surface area contributed by atoms with Crippen LogP contribution < -0.4 is 15.2 Å². The van der Waals surface area contributed by atoms with Gasteiger partial charge in [-0.25, -0.2) is 4.39 Å². The molecular formula is C16H18FNO2. The number of hydrogen-bond acceptors (Lipinski definition) is 3. The topological polar surface area (TPSA) is 44.5 Å². The van der Waals surface area contributed by atoms with Gasteiger partial charge in [0.05, 0.1) is 0 Å². The molecule has 2 aromatic rings. The standard InChI is InChI=1S/C16H18FNO2/c1-12-10-14(17)4-7-16(12)20-9-8-19-15-5-2-13(11-18)3-6-15/h2-7,10H,8-9,11,18H2,1H3. The fourth-order valence-corrected chi connectivity index (χ4v) is 1.81. The Balaban J connectivity index is 1.78. The van der Waals surface area contributed by atoms with Gasteiger partial charge in [-0.3, -0.25) is 0 Å². The second kappa shape index (κ2) is 6.91. The minimum atomic E-state index is -0.258. The number of rotatable bonds is 6. The first-order chi connectivity index (χ1) is 9.69. The molecule has 0 radical (unpaired) electrons. The molecule has 0 aliphatic heterocycles. The van der Waals surface area contributed by atoms with Gasteiger partial charge in [0.15, 0.2) is 0 Å². The maximum atomic E-state index is 12.9. The Labute approximate surface area is 118 Å². The van der Waals surface area contributed by atoms with Gasteiger partial charge in [-0.05, 0) is 48.4 Å². The quantitative estimate of drug-likeness (QED) is 0.824. The molecule has 0 fully saturated rings. The van der Waals surface area contributed by atoms with Gasteiger partial charge in [0.25, 0.3) is 0 Å². The van der Waals surface area contributed by atoms with Crippen LogP contribution in [0, 0.1) is 12.7 Å². The number of aryl methyl sites for hydroxylation is 1. The third-order valence-corrected chi connectivity index (χ3v) is 2.91. The average Bonchev–Trinajstić information content (AvgIpc) is 2.46. The molecule has 0 unspecified atom stereocenters. The minimum Gasteiger partial charge on any atom is -0.490 e. The molecule has 2 N–H and O–H groups in total. The Morgan fingerprint density at radius 3 is 2.35 bits per heavy atom. The third kappa shape index (κ3) is 3.96. The van der Waals surface area contributed by atoms with E-state index in [9.17, 15) is 4.39 Å². The van der Waals surface area contributed by atoms with Crippen molar-refractivity contribution in [2.45, 2.75) is 13.5 Å². The summed E-state index contributed by atoms with van der Waals surface area (Å²) in [7, 11) is 0. The molecule has 2 rings (SSSR count). The molecule has 0 atom stereocenters. The van der Waals surface area contributed by atoms with E-state index in [-0.39, 0.29) is 5.82 Å². The summed E-state index contributed by atoms with van der Waals surface area (Å²) in [4.78, 5) is 0. The predicted octanol–water partition coefficient (Wildman–Crippen LogP) is 3.05. The highest BCUT2D eigenvalue weighted by atomic mass is 19.1. The summed E-state index contributed by atoms with van der Waals surface area (Å²) < 4.78 is 24.0. The average molecular weight is 275 g/mol. The van der Waals surface area contributed by atoms with Gasteiger partial charge in [-0.1, -0.05) is 12.1 Å². The molecule has 0 heterocycles. The lowest BCUT2D eigenvalue weighted by Crippen LogP contribution is -2.09. The summed E-state index contributed by atoms with van der Waals surface area (Å²) in [6.07, 6.45) is 0. The maximum absolute atomic E-state index is 12.9. The smallest absolute Gasteiger partial charge is 0.123 e. The lowest BCUT2D eigenvalue weighted by atomic mass is 10.2. The lowest BCUT2D eigenvalue weighted by Gasteiger charge is -2.10. The summed E-state index contributed by atoms with van der Waals surface area (Å²) in [5.74, 6) is 1.20. The Morgan fingerprint density at radius 2 is 1.70 bits per heavy atom. The van der Waals surface area contributed by atoms with E-state index in [1.165, 1.54) is 12.1 Å². The largest absolute Gasteiger partial charge is 0.490 e. The molecule has 0 amide bonds. The molecule has 0 spiro atoms. The molecular weight excluding hydrogens is 257 g/mol. The van der Waals surface area contributed by atoms with Crippen molar-refractivity contribution in [2.75, 3.05) is 13.2 Å². The van der Waals surface area contributed by atoms with Crippen LogP contribution in [0.15, 0.2) is 42.5 Å². The second-order valence-electron chi connectivity index (χ2n) is 4.45. The fraction of sp³-hybridized carbons (Fsp3) is 0.250. The minimum absolute atomic E-state index is 0.258. The van der Waals surface area contributed by atoms with Crippen molar-refractivity contribution in [3.8, 4) is 11.5 Å². The van der Waals surface area contributed by atoms with Crippen LogP contribution in [0.3, 0.4) is 0 Å². The molecule has 0 aromatic heterocycles. The fourth-order valence-electron chi connectivity index (χ4n) is 1.81.